The zero-order chi connectivity index (χ0) is 19.8. The van der Waals surface area contributed by atoms with Crippen LogP contribution >= 0.6 is 0 Å². The van der Waals surface area contributed by atoms with Crippen molar-refractivity contribution in [2.24, 2.45) is 17.1 Å². The fourth-order valence-corrected chi connectivity index (χ4v) is 4.08. The van der Waals surface area contributed by atoms with Crippen molar-refractivity contribution in [2.75, 3.05) is 19.6 Å². The fourth-order valence-electron chi connectivity index (χ4n) is 4.08. The van der Waals surface area contributed by atoms with Crippen molar-refractivity contribution >= 4 is 0 Å². The van der Waals surface area contributed by atoms with Crippen molar-refractivity contribution in [1.82, 2.24) is 4.90 Å². The molecule has 2 N–H and O–H groups in total. The maximum absolute atomic E-state index is 13.9. The molecule has 2 unspecified atom stereocenters. The van der Waals surface area contributed by atoms with Crippen LogP contribution in [0.1, 0.15) is 18.4 Å². The monoisotopic (exact) mass is 365 g/mol. The molecule has 0 aromatic heterocycles. The normalized spacial score (nSPS) is 24.2. The molecular weight excluding hydrogens is 348 g/mol. The Balaban J connectivity index is 2.32. The Labute approximate surface area is 156 Å². The Bertz CT molecular complexity index is 960. The summed E-state index contributed by atoms with van der Waals surface area (Å²) in [6.07, 6.45) is 1.87. The molecule has 0 spiro atoms. The average molecular weight is 365 g/mol. The van der Waals surface area contributed by atoms with E-state index >= 15 is 0 Å². The van der Waals surface area contributed by atoms with E-state index in [1.165, 1.54) is 6.07 Å². The van der Waals surface area contributed by atoms with Crippen molar-refractivity contribution in [3.05, 3.63) is 58.3 Å². The van der Waals surface area contributed by atoms with Crippen LogP contribution in [0.25, 0.3) is 0 Å². The number of halogens is 2. The first-order chi connectivity index (χ1) is 12.9. The van der Waals surface area contributed by atoms with Gasteiger partial charge in [-0.1, -0.05) is 19.1 Å². The Hall–Kier alpha value is -3.21. The van der Waals surface area contributed by atoms with Gasteiger partial charge in [0.2, 0.25) is 0 Å². The van der Waals surface area contributed by atoms with Crippen LogP contribution in [0.3, 0.4) is 0 Å². The second kappa shape index (κ2) is 6.83. The van der Waals surface area contributed by atoms with Crippen molar-refractivity contribution in [3.8, 4) is 18.2 Å². The summed E-state index contributed by atoms with van der Waals surface area (Å²) < 4.78 is 27.4. The molecule has 2 aliphatic rings. The van der Waals surface area contributed by atoms with Gasteiger partial charge in [0, 0.05) is 24.9 Å². The lowest BCUT2D eigenvalue weighted by Crippen LogP contribution is -2.48. The van der Waals surface area contributed by atoms with Crippen LogP contribution in [0.5, 0.6) is 0 Å². The van der Waals surface area contributed by atoms with Gasteiger partial charge in [0.05, 0.1) is 23.4 Å². The predicted molar refractivity (Wildman–Crippen MR) is 93.3 cm³/mol. The number of likely N-dealkylation sites (N-methyl/N-ethyl adjacent to an activating group) is 1. The number of rotatable bonds is 2. The first-order valence-corrected chi connectivity index (χ1v) is 8.54. The molecule has 0 saturated heterocycles. The Kier molecular flexibility index (Phi) is 4.70. The van der Waals surface area contributed by atoms with Crippen molar-refractivity contribution < 1.29 is 8.78 Å². The highest BCUT2D eigenvalue weighted by Crippen LogP contribution is 2.54. The summed E-state index contributed by atoms with van der Waals surface area (Å²) in [6, 6.07) is 9.34. The molecule has 7 heteroatoms. The Morgan fingerprint density at radius 2 is 1.93 bits per heavy atom. The lowest BCUT2D eigenvalue weighted by Gasteiger charge is -2.45. The SMILES string of the molecule is CCN1CC=C2C(C#N)=C(N)C(C#N)(C#N)C(c3ccc(F)c(F)c3)C2C1. The summed E-state index contributed by atoms with van der Waals surface area (Å²) in [5, 5.41) is 29.4. The zero-order valence-corrected chi connectivity index (χ0v) is 14.7. The second-order valence-electron chi connectivity index (χ2n) is 6.70. The minimum atomic E-state index is -1.84. The number of nitrogens with two attached hydrogens (primary N) is 1. The van der Waals surface area contributed by atoms with Crippen molar-refractivity contribution in [2.45, 2.75) is 12.8 Å². The number of benzene rings is 1. The number of allylic oxidation sites excluding steroid dienone is 2. The summed E-state index contributed by atoms with van der Waals surface area (Å²) >= 11 is 0. The maximum Gasteiger partial charge on any atom is 0.191 e. The summed E-state index contributed by atoms with van der Waals surface area (Å²) in [5.74, 6) is -3.30. The van der Waals surface area contributed by atoms with E-state index in [-0.39, 0.29) is 11.3 Å². The molecule has 3 rings (SSSR count). The van der Waals surface area contributed by atoms with Crippen LogP contribution in [0, 0.1) is 57.0 Å². The van der Waals surface area contributed by atoms with Gasteiger partial charge in [-0.05, 0) is 29.8 Å². The smallest absolute Gasteiger partial charge is 0.191 e. The van der Waals surface area contributed by atoms with E-state index in [1.807, 2.05) is 31.2 Å². The van der Waals surface area contributed by atoms with Crippen LogP contribution in [0.2, 0.25) is 0 Å². The number of nitriles is 3. The molecule has 0 radical (unpaired) electrons. The minimum Gasteiger partial charge on any atom is -0.399 e. The van der Waals surface area contributed by atoms with Gasteiger partial charge < -0.3 is 5.73 Å². The van der Waals surface area contributed by atoms with E-state index in [0.717, 1.165) is 18.7 Å². The summed E-state index contributed by atoms with van der Waals surface area (Å²) in [5.41, 5.74) is 5.29. The molecule has 2 atom stereocenters. The van der Waals surface area contributed by atoms with Crippen LogP contribution in [0.15, 0.2) is 41.1 Å². The van der Waals surface area contributed by atoms with E-state index < -0.39 is 28.9 Å². The van der Waals surface area contributed by atoms with Crippen LogP contribution < -0.4 is 5.73 Å². The van der Waals surface area contributed by atoms with E-state index in [0.29, 0.717) is 24.2 Å². The van der Waals surface area contributed by atoms with Crippen molar-refractivity contribution in [1.29, 1.82) is 15.8 Å². The maximum atomic E-state index is 13.9. The molecule has 0 saturated carbocycles. The number of nitrogens with zero attached hydrogens (tertiary/aromatic N) is 4. The lowest BCUT2D eigenvalue weighted by molar-refractivity contribution is 0.214. The minimum absolute atomic E-state index is 0.128. The molecule has 27 heavy (non-hydrogen) atoms. The van der Waals surface area contributed by atoms with Crippen LogP contribution in [-0.2, 0) is 0 Å². The summed E-state index contributed by atoms with van der Waals surface area (Å²) in [6.45, 7) is 3.80. The first-order valence-electron chi connectivity index (χ1n) is 8.54. The highest BCUT2D eigenvalue weighted by Gasteiger charge is 2.54. The molecule has 1 aliphatic carbocycles. The molecule has 5 nitrogen and oxygen atoms in total. The molecule has 0 amide bonds. The Morgan fingerprint density at radius 1 is 1.22 bits per heavy atom. The highest BCUT2D eigenvalue weighted by atomic mass is 19.2. The largest absolute Gasteiger partial charge is 0.399 e. The standard InChI is InChI=1S/C20H17F2N5/c1-2-27-6-5-13-14(8-23)19(26)20(10-24,11-25)18(15(13)9-27)12-3-4-16(21)17(22)7-12/h3-5,7,15,18H,2,6,9,26H2,1H3. The van der Waals surface area contributed by atoms with Gasteiger partial charge >= 0.3 is 0 Å². The molecule has 1 aromatic carbocycles. The first kappa shape index (κ1) is 18.6. The van der Waals surface area contributed by atoms with Crippen LogP contribution in [0.4, 0.5) is 8.78 Å². The van der Waals surface area contributed by atoms with Gasteiger partial charge in [0.25, 0.3) is 0 Å². The summed E-state index contributed by atoms with van der Waals surface area (Å²) in [4.78, 5) is 2.09. The summed E-state index contributed by atoms with van der Waals surface area (Å²) in [7, 11) is 0. The van der Waals surface area contributed by atoms with Gasteiger partial charge in [-0.3, -0.25) is 4.90 Å². The van der Waals surface area contributed by atoms with Gasteiger partial charge in [-0.25, -0.2) is 8.78 Å². The van der Waals surface area contributed by atoms with E-state index in [4.69, 9.17) is 5.73 Å². The highest BCUT2D eigenvalue weighted by molar-refractivity contribution is 5.59. The predicted octanol–water partition coefficient (Wildman–Crippen LogP) is 2.71. The average Bonchev–Trinajstić information content (AvgIpc) is 2.69. The molecule has 0 fully saturated rings. The van der Waals surface area contributed by atoms with E-state index in [2.05, 4.69) is 4.90 Å². The quantitative estimate of drug-likeness (QED) is 0.868. The molecule has 1 aromatic rings. The number of fused-ring (bicyclic) bond motifs is 1. The van der Waals surface area contributed by atoms with Gasteiger partial charge in [0.1, 0.15) is 6.07 Å². The van der Waals surface area contributed by atoms with Gasteiger partial charge in [0.15, 0.2) is 17.0 Å². The lowest BCUT2D eigenvalue weighted by atomic mass is 9.58. The second-order valence-corrected chi connectivity index (χ2v) is 6.70. The fraction of sp³-hybridized carbons (Fsp3) is 0.350. The zero-order valence-electron chi connectivity index (χ0n) is 14.7. The van der Waals surface area contributed by atoms with Gasteiger partial charge in [-0.2, -0.15) is 15.8 Å². The van der Waals surface area contributed by atoms with Crippen LogP contribution in [-0.4, -0.2) is 24.5 Å². The van der Waals surface area contributed by atoms with E-state index in [9.17, 15) is 24.6 Å². The Morgan fingerprint density at radius 3 is 2.48 bits per heavy atom. The molecule has 0 bridgehead atoms. The topological polar surface area (TPSA) is 101 Å². The number of hydrogen-bond acceptors (Lipinski definition) is 5. The third kappa shape index (κ3) is 2.67. The molecule has 136 valence electrons. The molecule has 1 aliphatic heterocycles. The van der Waals surface area contributed by atoms with E-state index in [1.54, 1.807) is 0 Å². The third-order valence-electron chi connectivity index (χ3n) is 5.49. The van der Waals surface area contributed by atoms with Gasteiger partial charge in [-0.15, -0.1) is 0 Å². The molecular formula is C20H17F2N5. The molecule has 1 heterocycles. The van der Waals surface area contributed by atoms with Crippen molar-refractivity contribution in [3.63, 3.8) is 0 Å². The third-order valence-corrected chi connectivity index (χ3v) is 5.49. The number of hydrogen-bond donors (Lipinski definition) is 1.